The van der Waals surface area contributed by atoms with Gasteiger partial charge in [0.2, 0.25) is 20.9 Å². The summed E-state index contributed by atoms with van der Waals surface area (Å²) in [5.41, 5.74) is 0.757. The van der Waals surface area contributed by atoms with E-state index in [4.69, 9.17) is 16.0 Å². The van der Waals surface area contributed by atoms with Gasteiger partial charge in [-0.3, -0.25) is 0 Å². The molecule has 3 rings (SSSR count). The SMILES string of the molecule is CS(=O)(=O)c1ncc(Br)c(-c2nnc(-c3ccccc3Cl)o2)n1. The van der Waals surface area contributed by atoms with Crippen LogP contribution in [0.2, 0.25) is 5.02 Å². The van der Waals surface area contributed by atoms with Crippen molar-refractivity contribution in [3.63, 3.8) is 0 Å². The Morgan fingerprint density at radius 3 is 2.57 bits per heavy atom. The first-order chi connectivity index (χ1) is 10.9. The Labute approximate surface area is 144 Å². The van der Waals surface area contributed by atoms with E-state index in [0.29, 0.717) is 15.1 Å². The van der Waals surface area contributed by atoms with Gasteiger partial charge >= 0.3 is 0 Å². The quantitative estimate of drug-likeness (QED) is 0.606. The second kappa shape index (κ2) is 5.99. The maximum absolute atomic E-state index is 11.6. The lowest BCUT2D eigenvalue weighted by Crippen LogP contribution is -2.05. The second-order valence-corrected chi connectivity index (χ2v) is 7.68. The number of benzene rings is 1. The third kappa shape index (κ3) is 3.26. The molecule has 7 nitrogen and oxygen atoms in total. The average Bonchev–Trinajstić information content (AvgIpc) is 2.96. The number of hydrogen-bond acceptors (Lipinski definition) is 7. The highest BCUT2D eigenvalue weighted by molar-refractivity contribution is 9.10. The van der Waals surface area contributed by atoms with Crippen LogP contribution in [0.5, 0.6) is 0 Å². The maximum atomic E-state index is 11.6. The topological polar surface area (TPSA) is 98.8 Å². The van der Waals surface area contributed by atoms with Crippen LogP contribution in [0.1, 0.15) is 0 Å². The van der Waals surface area contributed by atoms with Crippen molar-refractivity contribution in [1.82, 2.24) is 20.2 Å². The zero-order valence-electron chi connectivity index (χ0n) is 11.6. The summed E-state index contributed by atoms with van der Waals surface area (Å²) in [6, 6.07) is 7.00. The first kappa shape index (κ1) is 16.0. The smallest absolute Gasteiger partial charge is 0.267 e. The first-order valence-corrected chi connectivity index (χ1v) is 9.24. The lowest BCUT2D eigenvalue weighted by molar-refractivity contribution is 0.577. The van der Waals surface area contributed by atoms with Crippen molar-refractivity contribution in [2.24, 2.45) is 0 Å². The number of sulfone groups is 1. The minimum Gasteiger partial charge on any atom is -0.414 e. The van der Waals surface area contributed by atoms with Gasteiger partial charge in [-0.15, -0.1) is 10.2 Å². The normalized spacial score (nSPS) is 11.6. The lowest BCUT2D eigenvalue weighted by Gasteiger charge is -2.01. The van der Waals surface area contributed by atoms with E-state index in [9.17, 15) is 8.42 Å². The van der Waals surface area contributed by atoms with Crippen LogP contribution in [0.15, 0.2) is 44.5 Å². The molecule has 0 unspecified atom stereocenters. The summed E-state index contributed by atoms with van der Waals surface area (Å²) >= 11 is 9.33. The lowest BCUT2D eigenvalue weighted by atomic mass is 10.2. The Balaban J connectivity index is 2.09. The van der Waals surface area contributed by atoms with Crippen LogP contribution in [0, 0.1) is 0 Å². The van der Waals surface area contributed by atoms with Crippen molar-refractivity contribution >= 4 is 37.4 Å². The molecule has 0 radical (unpaired) electrons. The minimum atomic E-state index is -3.56. The molecule has 0 saturated heterocycles. The molecule has 0 saturated carbocycles. The molecule has 0 amide bonds. The van der Waals surface area contributed by atoms with Crippen LogP contribution in [0.4, 0.5) is 0 Å². The molecular weight excluding hydrogens is 408 g/mol. The number of aromatic nitrogens is 4. The zero-order chi connectivity index (χ0) is 16.6. The van der Waals surface area contributed by atoms with E-state index in [1.807, 2.05) is 0 Å². The Kier molecular flexibility index (Phi) is 4.17. The summed E-state index contributed by atoms with van der Waals surface area (Å²) in [5.74, 6) is 0.260. The van der Waals surface area contributed by atoms with Gasteiger partial charge in [0.05, 0.1) is 15.1 Å². The van der Waals surface area contributed by atoms with Crippen molar-refractivity contribution in [2.75, 3.05) is 6.26 Å². The van der Waals surface area contributed by atoms with Crippen LogP contribution in [0.3, 0.4) is 0 Å². The highest BCUT2D eigenvalue weighted by Gasteiger charge is 2.20. The predicted octanol–water partition coefficient (Wildman–Crippen LogP) is 3.01. The van der Waals surface area contributed by atoms with Crippen LogP contribution < -0.4 is 0 Å². The summed E-state index contributed by atoms with van der Waals surface area (Å²) in [7, 11) is -3.56. The molecule has 0 fully saturated rings. The van der Waals surface area contributed by atoms with E-state index in [1.165, 1.54) is 6.20 Å². The molecule has 23 heavy (non-hydrogen) atoms. The highest BCUT2D eigenvalue weighted by Crippen LogP contribution is 2.31. The first-order valence-electron chi connectivity index (χ1n) is 6.17. The van der Waals surface area contributed by atoms with Crippen molar-refractivity contribution < 1.29 is 12.8 Å². The molecule has 0 atom stereocenters. The molecule has 1 aromatic carbocycles. The molecule has 2 aromatic heterocycles. The van der Waals surface area contributed by atoms with Gasteiger partial charge in [-0.2, -0.15) is 0 Å². The summed E-state index contributed by atoms with van der Waals surface area (Å²) < 4.78 is 29.1. The fourth-order valence-electron chi connectivity index (χ4n) is 1.74. The van der Waals surface area contributed by atoms with E-state index < -0.39 is 9.84 Å². The molecule has 0 aliphatic heterocycles. The minimum absolute atomic E-state index is 0.0547. The fourth-order valence-corrected chi connectivity index (χ4v) is 2.82. The molecule has 118 valence electrons. The van der Waals surface area contributed by atoms with Crippen LogP contribution in [-0.4, -0.2) is 34.8 Å². The molecular formula is C13H8BrClN4O3S. The van der Waals surface area contributed by atoms with Gasteiger partial charge in [0.25, 0.3) is 5.89 Å². The molecule has 0 N–H and O–H groups in total. The van der Waals surface area contributed by atoms with Crippen molar-refractivity contribution in [3.05, 3.63) is 40.0 Å². The van der Waals surface area contributed by atoms with Gasteiger partial charge in [-0.1, -0.05) is 23.7 Å². The number of halogens is 2. The number of nitrogens with zero attached hydrogens (tertiary/aromatic N) is 4. The molecule has 3 aromatic rings. The molecule has 0 spiro atoms. The molecule has 10 heteroatoms. The number of rotatable bonds is 3. The van der Waals surface area contributed by atoms with Gasteiger partial charge in [-0.25, -0.2) is 18.4 Å². The van der Waals surface area contributed by atoms with Gasteiger partial charge in [-0.05, 0) is 28.1 Å². The van der Waals surface area contributed by atoms with Crippen molar-refractivity contribution in [2.45, 2.75) is 5.16 Å². The van der Waals surface area contributed by atoms with E-state index in [2.05, 4.69) is 36.1 Å². The van der Waals surface area contributed by atoms with E-state index in [-0.39, 0.29) is 22.6 Å². The van der Waals surface area contributed by atoms with Crippen LogP contribution in [0.25, 0.3) is 23.0 Å². The van der Waals surface area contributed by atoms with Crippen LogP contribution >= 0.6 is 27.5 Å². The van der Waals surface area contributed by atoms with Crippen LogP contribution in [-0.2, 0) is 9.84 Å². The molecule has 0 aliphatic carbocycles. The van der Waals surface area contributed by atoms with Gasteiger partial charge < -0.3 is 4.42 Å². The fraction of sp³-hybridized carbons (Fsp3) is 0.0769. The third-order valence-corrected chi connectivity index (χ3v) is 4.56. The third-order valence-electron chi connectivity index (χ3n) is 2.79. The second-order valence-electron chi connectivity index (χ2n) is 4.51. The highest BCUT2D eigenvalue weighted by atomic mass is 79.9. The molecule has 2 heterocycles. The average molecular weight is 416 g/mol. The van der Waals surface area contributed by atoms with Gasteiger partial charge in [0, 0.05) is 12.5 Å². The monoisotopic (exact) mass is 414 g/mol. The molecule has 0 bridgehead atoms. The summed E-state index contributed by atoms with van der Waals surface area (Å²) in [6.45, 7) is 0. The van der Waals surface area contributed by atoms with Crippen molar-refractivity contribution in [1.29, 1.82) is 0 Å². The Bertz CT molecular complexity index is 990. The summed E-state index contributed by atoms with van der Waals surface area (Å²) in [4.78, 5) is 7.73. The molecule has 0 aliphatic rings. The van der Waals surface area contributed by atoms with Gasteiger partial charge in [0.15, 0.2) is 0 Å². The predicted molar refractivity (Wildman–Crippen MR) is 86.6 cm³/mol. The zero-order valence-corrected chi connectivity index (χ0v) is 14.7. The van der Waals surface area contributed by atoms with Crippen molar-refractivity contribution in [3.8, 4) is 23.0 Å². The van der Waals surface area contributed by atoms with E-state index >= 15 is 0 Å². The largest absolute Gasteiger partial charge is 0.414 e. The summed E-state index contributed by atoms with van der Waals surface area (Å²) in [6.07, 6.45) is 2.33. The van der Waals surface area contributed by atoms with Gasteiger partial charge in [0.1, 0.15) is 5.69 Å². The maximum Gasteiger partial charge on any atom is 0.267 e. The van der Waals surface area contributed by atoms with E-state index in [1.54, 1.807) is 24.3 Å². The Hall–Kier alpha value is -1.84. The Morgan fingerprint density at radius 1 is 1.17 bits per heavy atom. The Morgan fingerprint density at radius 2 is 1.87 bits per heavy atom. The standard InChI is InChI=1S/C13H8BrClN4O3S/c1-23(20,21)13-16-6-8(14)10(17-13)12-19-18-11(22-12)7-4-2-3-5-9(7)15/h2-6H,1H3. The number of hydrogen-bond donors (Lipinski definition) is 0. The van der Waals surface area contributed by atoms with E-state index in [0.717, 1.165) is 6.26 Å². The summed E-state index contributed by atoms with van der Waals surface area (Å²) in [5, 5.41) is 7.96.